The van der Waals surface area contributed by atoms with Crippen molar-refractivity contribution in [3.63, 3.8) is 0 Å². The highest BCUT2D eigenvalue weighted by molar-refractivity contribution is 5.81. The Morgan fingerprint density at radius 1 is 1.41 bits per heavy atom. The van der Waals surface area contributed by atoms with E-state index in [-0.39, 0.29) is 6.10 Å². The molecule has 0 aromatic heterocycles. The highest BCUT2D eigenvalue weighted by Crippen LogP contribution is 2.32. The van der Waals surface area contributed by atoms with E-state index < -0.39 is 0 Å². The fourth-order valence-electron chi connectivity index (χ4n) is 3.10. The van der Waals surface area contributed by atoms with Crippen LogP contribution < -0.4 is 5.32 Å². The van der Waals surface area contributed by atoms with E-state index in [1.54, 1.807) is 0 Å². The quantitative estimate of drug-likeness (QED) is 0.817. The molecule has 0 bridgehead atoms. The molecule has 1 N–H and O–H groups in total. The maximum absolute atomic E-state index is 12.2. The molecule has 98 valence electrons. The van der Waals surface area contributed by atoms with Crippen molar-refractivity contribution in [1.82, 2.24) is 5.32 Å². The van der Waals surface area contributed by atoms with E-state index in [4.69, 9.17) is 4.74 Å². The van der Waals surface area contributed by atoms with Crippen LogP contribution in [-0.4, -0.2) is 31.6 Å². The van der Waals surface area contributed by atoms with Crippen LogP contribution in [0, 0.1) is 11.8 Å². The van der Waals surface area contributed by atoms with Crippen LogP contribution in [0.4, 0.5) is 0 Å². The van der Waals surface area contributed by atoms with Crippen LogP contribution in [-0.2, 0) is 9.53 Å². The third-order valence-electron chi connectivity index (χ3n) is 4.25. The molecule has 3 heteroatoms. The molecule has 0 spiro atoms. The van der Waals surface area contributed by atoms with Gasteiger partial charge in [-0.3, -0.25) is 4.79 Å². The number of hydrogen-bond donors (Lipinski definition) is 1. The fourth-order valence-corrected chi connectivity index (χ4v) is 3.10. The maximum atomic E-state index is 12.2. The van der Waals surface area contributed by atoms with E-state index in [2.05, 4.69) is 12.2 Å². The van der Waals surface area contributed by atoms with Gasteiger partial charge in [0.25, 0.3) is 0 Å². The molecule has 0 radical (unpaired) electrons. The predicted octanol–water partition coefficient (Wildman–Crippen LogP) is 2.15. The Hall–Kier alpha value is -0.410. The first-order valence-corrected chi connectivity index (χ1v) is 7.14. The number of ether oxygens (including phenoxy) is 1. The van der Waals surface area contributed by atoms with E-state index in [0.717, 1.165) is 38.5 Å². The minimum Gasteiger partial charge on any atom is -0.375 e. The summed E-state index contributed by atoms with van der Waals surface area (Å²) in [6.45, 7) is 4.76. The van der Waals surface area contributed by atoms with E-state index >= 15 is 0 Å². The van der Waals surface area contributed by atoms with Crippen LogP contribution in [0.3, 0.4) is 0 Å². The fraction of sp³-hybridized carbons (Fsp3) is 0.929. The molecular weight excluding hydrogens is 214 g/mol. The molecule has 0 amide bonds. The van der Waals surface area contributed by atoms with Crippen molar-refractivity contribution in [3.05, 3.63) is 0 Å². The van der Waals surface area contributed by atoms with Gasteiger partial charge in [-0.1, -0.05) is 26.2 Å². The summed E-state index contributed by atoms with van der Waals surface area (Å²) in [5.41, 5.74) is 0. The molecule has 3 nitrogen and oxygen atoms in total. The molecule has 1 saturated heterocycles. The Labute approximate surface area is 104 Å². The van der Waals surface area contributed by atoms with Gasteiger partial charge in [-0.2, -0.15) is 0 Å². The Kier molecular flexibility index (Phi) is 4.99. The van der Waals surface area contributed by atoms with Crippen molar-refractivity contribution in [2.24, 2.45) is 11.8 Å². The van der Waals surface area contributed by atoms with Crippen molar-refractivity contribution >= 4 is 5.78 Å². The van der Waals surface area contributed by atoms with Gasteiger partial charge < -0.3 is 10.1 Å². The van der Waals surface area contributed by atoms with Gasteiger partial charge in [0.1, 0.15) is 5.78 Å². The molecule has 2 aliphatic rings. The third-order valence-corrected chi connectivity index (χ3v) is 4.25. The largest absolute Gasteiger partial charge is 0.375 e. The zero-order chi connectivity index (χ0) is 12.1. The van der Waals surface area contributed by atoms with Crippen molar-refractivity contribution in [2.45, 2.75) is 51.6 Å². The maximum Gasteiger partial charge on any atom is 0.138 e. The number of hydrogen-bond acceptors (Lipinski definition) is 3. The second-order valence-corrected chi connectivity index (χ2v) is 5.51. The summed E-state index contributed by atoms with van der Waals surface area (Å²) in [6.07, 6.45) is 6.75. The van der Waals surface area contributed by atoms with Gasteiger partial charge in [0, 0.05) is 25.4 Å². The number of ketones is 1. The molecule has 0 aromatic rings. The van der Waals surface area contributed by atoms with E-state index in [9.17, 15) is 4.79 Å². The zero-order valence-electron chi connectivity index (χ0n) is 10.9. The van der Waals surface area contributed by atoms with Crippen LogP contribution in [0.15, 0.2) is 0 Å². The molecule has 3 atom stereocenters. The lowest BCUT2D eigenvalue weighted by atomic mass is 9.77. The topological polar surface area (TPSA) is 38.3 Å². The van der Waals surface area contributed by atoms with E-state index in [1.165, 1.54) is 19.3 Å². The summed E-state index contributed by atoms with van der Waals surface area (Å²) in [7, 11) is 0. The number of carbonyl (C=O) groups is 1. The Morgan fingerprint density at radius 2 is 2.29 bits per heavy atom. The van der Waals surface area contributed by atoms with Crippen LogP contribution in [0.5, 0.6) is 0 Å². The van der Waals surface area contributed by atoms with Gasteiger partial charge in [-0.05, 0) is 18.8 Å². The molecule has 17 heavy (non-hydrogen) atoms. The number of nitrogens with one attached hydrogen (secondary N) is 1. The van der Waals surface area contributed by atoms with Crippen LogP contribution >= 0.6 is 0 Å². The molecule has 0 aromatic carbocycles. The predicted molar refractivity (Wildman–Crippen MR) is 68.0 cm³/mol. The lowest BCUT2D eigenvalue weighted by Gasteiger charge is -2.29. The van der Waals surface area contributed by atoms with Gasteiger partial charge in [-0.25, -0.2) is 0 Å². The van der Waals surface area contributed by atoms with Crippen molar-refractivity contribution in [3.8, 4) is 0 Å². The number of rotatable bonds is 4. The average molecular weight is 239 g/mol. The molecule has 1 heterocycles. The lowest BCUT2D eigenvalue weighted by molar-refractivity contribution is -0.127. The first kappa shape index (κ1) is 13.0. The minimum absolute atomic E-state index is 0.123. The highest BCUT2D eigenvalue weighted by atomic mass is 16.5. The normalized spacial score (nSPS) is 34.5. The van der Waals surface area contributed by atoms with Gasteiger partial charge >= 0.3 is 0 Å². The van der Waals surface area contributed by atoms with E-state index in [0.29, 0.717) is 18.1 Å². The molecule has 1 aliphatic heterocycles. The monoisotopic (exact) mass is 239 g/mol. The van der Waals surface area contributed by atoms with E-state index in [1.807, 2.05) is 0 Å². The van der Waals surface area contributed by atoms with Crippen molar-refractivity contribution in [2.75, 3.05) is 19.7 Å². The smallest absolute Gasteiger partial charge is 0.138 e. The third kappa shape index (κ3) is 3.78. The minimum atomic E-state index is 0.123. The molecule has 3 unspecified atom stereocenters. The summed E-state index contributed by atoms with van der Waals surface area (Å²) in [5, 5.41) is 3.29. The highest BCUT2D eigenvalue weighted by Gasteiger charge is 2.28. The Morgan fingerprint density at radius 3 is 3.00 bits per heavy atom. The first-order chi connectivity index (χ1) is 8.29. The van der Waals surface area contributed by atoms with Gasteiger partial charge in [0.2, 0.25) is 0 Å². The van der Waals surface area contributed by atoms with Crippen LogP contribution in [0.25, 0.3) is 0 Å². The molecule has 2 fully saturated rings. The number of Topliss-reactive ketones (excluding diaryl/α,β-unsaturated/α-hetero) is 1. The van der Waals surface area contributed by atoms with Gasteiger partial charge in [0.15, 0.2) is 0 Å². The SMILES string of the molecule is CCC1CCCC(C(=O)CC2CNCCO2)C1. The van der Waals surface area contributed by atoms with Crippen molar-refractivity contribution in [1.29, 1.82) is 0 Å². The molecule has 1 saturated carbocycles. The molecular formula is C14H25NO2. The summed E-state index contributed by atoms with van der Waals surface area (Å²) >= 11 is 0. The average Bonchev–Trinajstić information content (AvgIpc) is 2.40. The van der Waals surface area contributed by atoms with Crippen molar-refractivity contribution < 1.29 is 9.53 Å². The second-order valence-electron chi connectivity index (χ2n) is 5.51. The van der Waals surface area contributed by atoms with Gasteiger partial charge in [-0.15, -0.1) is 0 Å². The van der Waals surface area contributed by atoms with Crippen LogP contribution in [0.1, 0.15) is 45.4 Å². The lowest BCUT2D eigenvalue weighted by Crippen LogP contribution is -2.40. The Balaban J connectivity index is 1.78. The summed E-state index contributed by atoms with van der Waals surface area (Å²) in [6, 6.07) is 0. The number of morpholine rings is 1. The van der Waals surface area contributed by atoms with Crippen LogP contribution in [0.2, 0.25) is 0 Å². The number of carbonyl (C=O) groups excluding carboxylic acids is 1. The molecule has 2 rings (SSSR count). The zero-order valence-corrected chi connectivity index (χ0v) is 10.9. The van der Waals surface area contributed by atoms with Gasteiger partial charge in [0.05, 0.1) is 12.7 Å². The summed E-state index contributed by atoms with van der Waals surface area (Å²) in [5.74, 6) is 1.54. The second kappa shape index (κ2) is 6.50. The first-order valence-electron chi connectivity index (χ1n) is 7.14. The Bertz CT molecular complexity index is 249. The standard InChI is InChI=1S/C14H25NO2/c1-2-11-4-3-5-12(8-11)14(16)9-13-10-15-6-7-17-13/h11-13,15H,2-10H2,1H3. The molecule has 1 aliphatic carbocycles. The summed E-state index contributed by atoms with van der Waals surface area (Å²) < 4.78 is 5.61. The summed E-state index contributed by atoms with van der Waals surface area (Å²) in [4.78, 5) is 12.2.